The van der Waals surface area contributed by atoms with Gasteiger partial charge in [0, 0.05) is 12.8 Å². The Morgan fingerprint density at radius 3 is 0.988 bits per heavy atom. The van der Waals surface area contributed by atoms with Crippen LogP contribution in [0.3, 0.4) is 0 Å². The third-order valence-corrected chi connectivity index (χ3v) is 16.9. The monoisotopic (exact) mass is 1160 g/mol. The van der Waals surface area contributed by atoms with Gasteiger partial charge in [-0.05, 0) is 51.4 Å². The molecular formula is C71H137NO8P+. The molecule has 2 unspecified atom stereocenters. The number of phosphoric ester groups is 1. The molecule has 0 heterocycles. The fraction of sp³-hybridized carbons (Fsp3) is 0.887. The number of carbonyl (C=O) groups excluding carboxylic acids is 2. The Morgan fingerprint density at radius 1 is 0.383 bits per heavy atom. The van der Waals surface area contributed by atoms with E-state index in [9.17, 15) is 19.0 Å². The predicted octanol–water partition coefficient (Wildman–Crippen LogP) is 22.7. The van der Waals surface area contributed by atoms with Gasteiger partial charge in [0.1, 0.15) is 19.8 Å². The van der Waals surface area contributed by atoms with Gasteiger partial charge in [0.25, 0.3) is 0 Å². The van der Waals surface area contributed by atoms with Crippen molar-refractivity contribution in [2.24, 2.45) is 0 Å². The zero-order valence-electron chi connectivity index (χ0n) is 54.5. The van der Waals surface area contributed by atoms with Crippen LogP contribution in [0, 0.1) is 0 Å². The Bertz CT molecular complexity index is 1460. The van der Waals surface area contributed by atoms with E-state index in [4.69, 9.17) is 18.5 Å². The van der Waals surface area contributed by atoms with Crippen LogP contribution in [-0.2, 0) is 32.7 Å². The molecule has 0 saturated carbocycles. The van der Waals surface area contributed by atoms with Crippen molar-refractivity contribution in [2.75, 3.05) is 47.5 Å². The summed E-state index contributed by atoms with van der Waals surface area (Å²) >= 11 is 0. The fourth-order valence-corrected chi connectivity index (χ4v) is 11.2. The maximum Gasteiger partial charge on any atom is 0.472 e. The minimum atomic E-state index is -4.39. The van der Waals surface area contributed by atoms with Crippen LogP contribution in [0.15, 0.2) is 36.5 Å². The van der Waals surface area contributed by atoms with Crippen LogP contribution < -0.4 is 0 Å². The number of allylic oxidation sites excluding steroid dienone is 6. The Balaban J connectivity index is 3.97. The standard InChI is InChI=1S/C71H136NO8P/c1-6-8-10-12-14-16-18-20-22-24-26-28-30-31-32-33-34-35-36-37-38-39-40-42-43-45-47-49-51-53-55-57-59-61-63-70(73)77-67-69(68-79-81(75,76)78-66-65-72(3,4)5)80-71(74)64-62-60-58-56-54-52-50-48-46-44-41-29-27-25-23-21-19-17-15-13-11-9-7-2/h19,21,25,27,41,44,69H,6-18,20,22-24,26,28-40,42-43,45-68H2,1-5H3/p+1/b21-19-,27-25-,44-41-. The smallest absolute Gasteiger partial charge is 0.462 e. The SMILES string of the molecule is CCCCCCC/C=C\C/C=C\C/C=C\CCCCCCCCCCC(=O)OC(COC(=O)CCCCCCCCCCCCCCCCCCCCCCCCCCCCCCCCCCCC)COP(=O)(O)OCC[N+](C)(C)C. The summed E-state index contributed by atoms with van der Waals surface area (Å²) in [5.41, 5.74) is 0. The first-order valence-electron chi connectivity index (χ1n) is 35.2. The number of esters is 2. The van der Waals surface area contributed by atoms with Gasteiger partial charge in [0.15, 0.2) is 6.10 Å². The van der Waals surface area contributed by atoms with Crippen molar-refractivity contribution in [3.05, 3.63) is 36.5 Å². The molecule has 9 nitrogen and oxygen atoms in total. The first-order chi connectivity index (χ1) is 39.5. The molecular weight excluding hydrogens is 1030 g/mol. The van der Waals surface area contributed by atoms with Gasteiger partial charge in [-0.1, -0.05) is 326 Å². The summed E-state index contributed by atoms with van der Waals surface area (Å²) < 4.78 is 34.7. The number of ether oxygens (including phenoxy) is 2. The number of hydrogen-bond acceptors (Lipinski definition) is 7. The first kappa shape index (κ1) is 79.2. The minimum Gasteiger partial charge on any atom is -0.462 e. The Hall–Kier alpha value is -1.77. The maximum absolute atomic E-state index is 12.9. The van der Waals surface area contributed by atoms with Crippen LogP contribution in [0.5, 0.6) is 0 Å². The molecule has 478 valence electrons. The van der Waals surface area contributed by atoms with Crippen LogP contribution in [0.4, 0.5) is 0 Å². The van der Waals surface area contributed by atoms with Gasteiger partial charge in [0.05, 0.1) is 27.7 Å². The van der Waals surface area contributed by atoms with Gasteiger partial charge in [-0.3, -0.25) is 18.6 Å². The van der Waals surface area contributed by atoms with E-state index in [2.05, 4.69) is 50.3 Å². The Morgan fingerprint density at radius 2 is 0.667 bits per heavy atom. The summed E-state index contributed by atoms with van der Waals surface area (Å²) in [5, 5.41) is 0. The number of unbranched alkanes of at least 4 members (excludes halogenated alkanes) is 46. The van der Waals surface area contributed by atoms with Crippen LogP contribution in [0.1, 0.15) is 354 Å². The van der Waals surface area contributed by atoms with E-state index in [-0.39, 0.29) is 25.6 Å². The summed E-state index contributed by atoms with van der Waals surface area (Å²) in [6, 6.07) is 0. The number of quaternary nitrogens is 1. The molecule has 0 aliphatic heterocycles. The van der Waals surface area contributed by atoms with Crippen molar-refractivity contribution in [1.82, 2.24) is 0 Å². The molecule has 2 atom stereocenters. The van der Waals surface area contributed by atoms with Crippen LogP contribution in [0.25, 0.3) is 0 Å². The van der Waals surface area contributed by atoms with E-state index in [1.807, 2.05) is 21.1 Å². The zero-order chi connectivity index (χ0) is 59.1. The van der Waals surface area contributed by atoms with Crippen molar-refractivity contribution < 1.29 is 42.1 Å². The van der Waals surface area contributed by atoms with Crippen molar-refractivity contribution in [3.63, 3.8) is 0 Å². The molecule has 10 heteroatoms. The highest BCUT2D eigenvalue weighted by atomic mass is 31.2. The molecule has 0 aromatic rings. The van der Waals surface area contributed by atoms with E-state index < -0.39 is 26.5 Å². The van der Waals surface area contributed by atoms with Gasteiger partial charge >= 0.3 is 19.8 Å². The number of phosphoric acid groups is 1. The quantitative estimate of drug-likeness (QED) is 0.0211. The lowest BCUT2D eigenvalue weighted by molar-refractivity contribution is -0.870. The summed E-state index contributed by atoms with van der Waals surface area (Å²) in [7, 11) is 1.49. The molecule has 81 heavy (non-hydrogen) atoms. The Labute approximate surface area is 503 Å². The van der Waals surface area contributed by atoms with Gasteiger partial charge in [-0.15, -0.1) is 0 Å². The summed E-state index contributed by atoms with van der Waals surface area (Å²) in [4.78, 5) is 35.8. The number of carbonyl (C=O) groups is 2. The average Bonchev–Trinajstić information content (AvgIpc) is 3.43. The van der Waals surface area contributed by atoms with E-state index in [1.165, 1.54) is 263 Å². The molecule has 0 aromatic carbocycles. The molecule has 0 amide bonds. The highest BCUT2D eigenvalue weighted by Crippen LogP contribution is 2.43. The molecule has 0 aromatic heterocycles. The molecule has 0 spiro atoms. The van der Waals surface area contributed by atoms with Crippen molar-refractivity contribution in [3.8, 4) is 0 Å². The van der Waals surface area contributed by atoms with Gasteiger partial charge in [-0.2, -0.15) is 0 Å². The largest absolute Gasteiger partial charge is 0.472 e. The van der Waals surface area contributed by atoms with E-state index in [0.717, 1.165) is 57.8 Å². The highest BCUT2D eigenvalue weighted by Gasteiger charge is 2.27. The first-order valence-corrected chi connectivity index (χ1v) is 36.7. The van der Waals surface area contributed by atoms with Crippen LogP contribution in [-0.4, -0.2) is 74.9 Å². The van der Waals surface area contributed by atoms with Crippen molar-refractivity contribution in [2.45, 2.75) is 360 Å². The second-order valence-electron chi connectivity index (χ2n) is 25.3. The third-order valence-electron chi connectivity index (χ3n) is 15.9. The fourth-order valence-electron chi connectivity index (χ4n) is 10.5. The zero-order valence-corrected chi connectivity index (χ0v) is 55.4. The minimum absolute atomic E-state index is 0.0316. The second kappa shape index (κ2) is 62.8. The third kappa shape index (κ3) is 67.2. The van der Waals surface area contributed by atoms with Gasteiger partial charge < -0.3 is 18.9 Å². The normalized spacial score (nSPS) is 13.3. The molecule has 1 N–H and O–H groups in total. The molecule has 0 rings (SSSR count). The average molecular weight is 1160 g/mol. The number of rotatable bonds is 66. The molecule has 0 radical (unpaired) electrons. The number of hydrogen-bond donors (Lipinski definition) is 1. The van der Waals surface area contributed by atoms with Gasteiger partial charge in [-0.25, -0.2) is 4.57 Å². The number of nitrogens with zero attached hydrogens (tertiary/aromatic N) is 1. The van der Waals surface area contributed by atoms with Gasteiger partial charge in [0.2, 0.25) is 0 Å². The summed E-state index contributed by atoms with van der Waals surface area (Å²) in [6.07, 6.45) is 79.8. The predicted molar refractivity (Wildman–Crippen MR) is 349 cm³/mol. The lowest BCUT2D eigenvalue weighted by atomic mass is 10.0. The molecule has 0 aliphatic carbocycles. The lowest BCUT2D eigenvalue weighted by Crippen LogP contribution is -2.37. The van der Waals surface area contributed by atoms with E-state index >= 15 is 0 Å². The highest BCUT2D eigenvalue weighted by molar-refractivity contribution is 7.47. The van der Waals surface area contributed by atoms with E-state index in [1.54, 1.807) is 0 Å². The maximum atomic E-state index is 12.9. The Kier molecular flexibility index (Phi) is 61.4. The second-order valence-corrected chi connectivity index (χ2v) is 26.7. The van der Waals surface area contributed by atoms with Crippen molar-refractivity contribution >= 4 is 19.8 Å². The molecule has 0 bridgehead atoms. The molecule has 0 fully saturated rings. The topological polar surface area (TPSA) is 108 Å². The summed E-state index contributed by atoms with van der Waals surface area (Å²) in [6.45, 7) is 4.48. The molecule has 0 aliphatic rings. The lowest BCUT2D eigenvalue weighted by Gasteiger charge is -2.24. The van der Waals surface area contributed by atoms with Crippen LogP contribution in [0.2, 0.25) is 0 Å². The number of likely N-dealkylation sites (N-methyl/N-ethyl adjacent to an activating group) is 1. The van der Waals surface area contributed by atoms with Crippen molar-refractivity contribution in [1.29, 1.82) is 0 Å². The summed E-state index contributed by atoms with van der Waals surface area (Å²) in [5.74, 6) is -0.788. The molecule has 0 saturated heterocycles. The van der Waals surface area contributed by atoms with Crippen LogP contribution >= 0.6 is 7.82 Å². The van der Waals surface area contributed by atoms with E-state index in [0.29, 0.717) is 23.9 Å².